The molecule has 1 unspecified atom stereocenters. The van der Waals surface area contributed by atoms with Crippen molar-refractivity contribution < 1.29 is 0 Å². The highest BCUT2D eigenvalue weighted by Crippen LogP contribution is 2.43. The second kappa shape index (κ2) is 7.21. The van der Waals surface area contributed by atoms with Crippen molar-refractivity contribution in [1.29, 1.82) is 0 Å². The van der Waals surface area contributed by atoms with Crippen molar-refractivity contribution in [3.8, 4) is 5.69 Å². The summed E-state index contributed by atoms with van der Waals surface area (Å²) in [5.74, 6) is 0.870. The summed E-state index contributed by atoms with van der Waals surface area (Å²) in [5.41, 5.74) is 8.47. The number of aliphatic imine (C=N–C) groups is 1. The Labute approximate surface area is 207 Å². The first-order valence-corrected chi connectivity index (χ1v) is 12.4. The number of hydrogen-bond donors (Lipinski definition) is 1. The highest BCUT2D eigenvalue weighted by molar-refractivity contribution is 6.22. The van der Waals surface area contributed by atoms with Crippen LogP contribution in [0.4, 0.5) is 5.82 Å². The molecule has 1 aliphatic carbocycles. The number of rotatable bonds is 2. The predicted molar refractivity (Wildman–Crippen MR) is 147 cm³/mol. The highest BCUT2D eigenvalue weighted by atomic mass is 15.3. The van der Waals surface area contributed by atoms with Crippen LogP contribution in [0.25, 0.3) is 44.5 Å². The number of aryl methyl sites for hydroxylation is 2. The third-order valence-electron chi connectivity index (χ3n) is 7.63. The van der Waals surface area contributed by atoms with Crippen LogP contribution in [-0.2, 0) is 13.5 Å². The van der Waals surface area contributed by atoms with E-state index in [-0.39, 0.29) is 6.29 Å². The molecule has 6 heteroatoms. The second-order valence-electron chi connectivity index (χ2n) is 9.60. The largest absolute Gasteiger partial charge is 0.331 e. The lowest BCUT2D eigenvalue weighted by molar-refractivity contribution is 0.598. The molecule has 1 aliphatic heterocycles. The van der Waals surface area contributed by atoms with Gasteiger partial charge in [-0.1, -0.05) is 42.5 Å². The van der Waals surface area contributed by atoms with Crippen molar-refractivity contribution in [1.82, 2.24) is 18.7 Å². The fraction of sp³-hybridized carbons (Fsp3) is 0.133. The molecular formula is C30H24N6. The fourth-order valence-corrected chi connectivity index (χ4v) is 6.07. The molecule has 0 bridgehead atoms. The Hall–Kier alpha value is -4.58. The van der Waals surface area contributed by atoms with Crippen molar-refractivity contribution in [2.24, 2.45) is 12.0 Å². The standard InChI is InChI=1S/C30H24N6/c1-34-18-32-29-26(34)17-31-30(33-29)36-23-14-8-6-12-21(23)28-25(36)16-15-24-27(28)20-11-5-7-13-22(20)35(24)19-9-3-2-4-10-19/h2-5,7-11,13-18,30,33H,6,12H2,1H3. The molecule has 3 aromatic carbocycles. The zero-order valence-electron chi connectivity index (χ0n) is 19.9. The molecule has 1 N–H and O–H groups in total. The number of nitrogens with zero attached hydrogens (tertiary/aromatic N) is 5. The topological polar surface area (TPSA) is 52.1 Å². The predicted octanol–water partition coefficient (Wildman–Crippen LogP) is 6.43. The summed E-state index contributed by atoms with van der Waals surface area (Å²) in [6.45, 7) is 0. The van der Waals surface area contributed by atoms with Gasteiger partial charge in [0.05, 0.1) is 29.1 Å². The van der Waals surface area contributed by atoms with Gasteiger partial charge >= 0.3 is 0 Å². The van der Waals surface area contributed by atoms with Gasteiger partial charge in [0, 0.05) is 34.6 Å². The molecular weight excluding hydrogens is 444 g/mol. The van der Waals surface area contributed by atoms with E-state index in [1.54, 1.807) is 0 Å². The molecule has 4 heterocycles. The quantitative estimate of drug-likeness (QED) is 0.318. The van der Waals surface area contributed by atoms with Gasteiger partial charge < -0.3 is 19.0 Å². The van der Waals surface area contributed by atoms with Gasteiger partial charge in [0.1, 0.15) is 5.69 Å². The minimum atomic E-state index is -0.249. The number of hydrogen-bond acceptors (Lipinski definition) is 3. The van der Waals surface area contributed by atoms with Gasteiger partial charge in [0.15, 0.2) is 5.82 Å². The van der Waals surface area contributed by atoms with Crippen LogP contribution in [-0.4, -0.2) is 24.9 Å². The van der Waals surface area contributed by atoms with Gasteiger partial charge in [-0.3, -0.25) is 0 Å². The molecule has 0 saturated heterocycles. The van der Waals surface area contributed by atoms with Gasteiger partial charge in [-0.15, -0.1) is 0 Å². The molecule has 6 nitrogen and oxygen atoms in total. The van der Waals surface area contributed by atoms with Gasteiger partial charge in [0.25, 0.3) is 0 Å². The fourth-order valence-electron chi connectivity index (χ4n) is 6.07. The van der Waals surface area contributed by atoms with E-state index in [1.807, 2.05) is 24.2 Å². The molecule has 0 radical (unpaired) electrons. The van der Waals surface area contributed by atoms with E-state index < -0.39 is 0 Å². The number of benzene rings is 3. The van der Waals surface area contributed by atoms with Crippen LogP contribution in [0.3, 0.4) is 0 Å². The van der Waals surface area contributed by atoms with E-state index in [1.165, 1.54) is 49.7 Å². The summed E-state index contributed by atoms with van der Waals surface area (Å²) < 4.78 is 6.74. The number of para-hydroxylation sites is 2. The molecule has 8 rings (SSSR count). The van der Waals surface area contributed by atoms with E-state index in [4.69, 9.17) is 4.99 Å². The lowest BCUT2D eigenvalue weighted by Crippen LogP contribution is -2.22. The van der Waals surface area contributed by atoms with Gasteiger partial charge in [-0.25, -0.2) is 9.98 Å². The van der Waals surface area contributed by atoms with Crippen molar-refractivity contribution in [2.45, 2.75) is 19.1 Å². The van der Waals surface area contributed by atoms with Crippen LogP contribution in [0.15, 0.2) is 84.1 Å². The normalized spacial score (nSPS) is 16.5. The van der Waals surface area contributed by atoms with Crippen LogP contribution in [0.2, 0.25) is 0 Å². The zero-order chi connectivity index (χ0) is 23.8. The van der Waals surface area contributed by atoms with E-state index in [0.29, 0.717) is 0 Å². The SMILES string of the molecule is Cn1cnc2c1C=NC(n1c3c(c4c5c6ccccc6n(-c6ccccc6)c5ccc41)CCC=C3)N2. The number of allylic oxidation sites excluding steroid dienone is 1. The third-order valence-corrected chi connectivity index (χ3v) is 7.63. The molecule has 0 spiro atoms. The minimum Gasteiger partial charge on any atom is -0.331 e. The maximum absolute atomic E-state index is 4.93. The Morgan fingerprint density at radius 1 is 0.861 bits per heavy atom. The van der Waals surface area contributed by atoms with Crippen LogP contribution >= 0.6 is 0 Å². The monoisotopic (exact) mass is 468 g/mol. The maximum Gasteiger partial charge on any atom is 0.202 e. The lowest BCUT2D eigenvalue weighted by Gasteiger charge is -2.23. The molecule has 174 valence electrons. The van der Waals surface area contributed by atoms with Gasteiger partial charge in [-0.05, 0) is 54.8 Å². The highest BCUT2D eigenvalue weighted by Gasteiger charge is 2.28. The van der Waals surface area contributed by atoms with Crippen LogP contribution in [0.1, 0.15) is 29.7 Å². The van der Waals surface area contributed by atoms with Crippen LogP contribution in [0.5, 0.6) is 0 Å². The van der Waals surface area contributed by atoms with Gasteiger partial charge in [-0.2, -0.15) is 0 Å². The number of imidazole rings is 1. The van der Waals surface area contributed by atoms with Gasteiger partial charge in [0.2, 0.25) is 6.29 Å². The Kier molecular flexibility index (Phi) is 3.95. The summed E-state index contributed by atoms with van der Waals surface area (Å²) in [5, 5.41) is 7.50. The van der Waals surface area contributed by atoms with Crippen molar-refractivity contribution in [3.05, 3.63) is 96.1 Å². The molecule has 0 fully saturated rings. The number of anilines is 1. The Morgan fingerprint density at radius 3 is 2.61 bits per heavy atom. The molecule has 0 amide bonds. The number of aromatic nitrogens is 4. The maximum atomic E-state index is 4.93. The van der Waals surface area contributed by atoms with E-state index >= 15 is 0 Å². The van der Waals surface area contributed by atoms with Crippen LogP contribution < -0.4 is 5.32 Å². The number of nitrogens with one attached hydrogen (secondary N) is 1. The molecule has 0 saturated carbocycles. The average Bonchev–Trinajstić information content (AvgIpc) is 3.58. The summed E-state index contributed by atoms with van der Waals surface area (Å²) >= 11 is 0. The van der Waals surface area contributed by atoms with E-state index in [9.17, 15) is 0 Å². The summed E-state index contributed by atoms with van der Waals surface area (Å²) in [6, 6.07) is 24.0. The van der Waals surface area contributed by atoms with Crippen LogP contribution in [0, 0.1) is 0 Å². The first-order chi connectivity index (χ1) is 17.8. The third kappa shape index (κ3) is 2.56. The van der Waals surface area contributed by atoms with Crippen molar-refractivity contribution >= 4 is 50.8 Å². The molecule has 36 heavy (non-hydrogen) atoms. The summed E-state index contributed by atoms with van der Waals surface area (Å²) in [6.07, 6.45) is 10.1. The Bertz CT molecular complexity index is 1880. The average molecular weight is 469 g/mol. The second-order valence-corrected chi connectivity index (χ2v) is 9.60. The smallest absolute Gasteiger partial charge is 0.202 e. The Balaban J connectivity index is 1.47. The minimum absolute atomic E-state index is 0.249. The number of fused-ring (bicyclic) bond motifs is 8. The lowest BCUT2D eigenvalue weighted by atomic mass is 9.98. The van der Waals surface area contributed by atoms with E-state index in [0.717, 1.165) is 24.4 Å². The summed E-state index contributed by atoms with van der Waals surface area (Å²) in [7, 11) is 1.99. The van der Waals surface area contributed by atoms with E-state index in [2.05, 4.69) is 98.3 Å². The molecule has 1 atom stereocenters. The first-order valence-electron chi connectivity index (χ1n) is 12.4. The van der Waals surface area contributed by atoms with Crippen molar-refractivity contribution in [2.75, 3.05) is 5.32 Å². The molecule has 6 aromatic rings. The first kappa shape index (κ1) is 19.7. The Morgan fingerprint density at radius 2 is 1.69 bits per heavy atom. The summed E-state index contributed by atoms with van der Waals surface area (Å²) in [4.78, 5) is 9.49. The molecule has 3 aromatic heterocycles. The molecule has 2 aliphatic rings. The van der Waals surface area contributed by atoms with Crippen molar-refractivity contribution in [3.63, 3.8) is 0 Å². The zero-order valence-corrected chi connectivity index (χ0v) is 19.9.